The van der Waals surface area contributed by atoms with Crippen LogP contribution in [-0.4, -0.2) is 36.3 Å². The van der Waals surface area contributed by atoms with Crippen LogP contribution in [0.3, 0.4) is 0 Å². The summed E-state index contributed by atoms with van der Waals surface area (Å²) in [6.07, 6.45) is 0. The van der Waals surface area contributed by atoms with Crippen LogP contribution in [0.2, 0.25) is 5.02 Å². The predicted molar refractivity (Wildman–Crippen MR) is 107 cm³/mol. The summed E-state index contributed by atoms with van der Waals surface area (Å²) in [5.74, 6) is -0.0762. The van der Waals surface area contributed by atoms with Crippen molar-refractivity contribution in [3.05, 3.63) is 56.7 Å². The van der Waals surface area contributed by atoms with Crippen LogP contribution < -0.4 is 10.6 Å². The Kier molecular flexibility index (Phi) is 7.46. The normalized spacial score (nSPS) is 16.7. The molecule has 1 saturated heterocycles. The maximum Gasteiger partial charge on any atom is 0.264 e. The number of nitrogens with zero attached hydrogens (tertiary/aromatic N) is 1. The van der Waals surface area contributed by atoms with Crippen LogP contribution in [0.5, 0.6) is 0 Å². The molecule has 1 fully saturated rings. The molecule has 26 heavy (non-hydrogen) atoms. The lowest BCUT2D eigenvalue weighted by Crippen LogP contribution is -2.48. The number of amides is 2. The predicted octanol–water partition coefficient (Wildman–Crippen LogP) is 3.25. The first-order valence-electron chi connectivity index (χ1n) is 8.15. The second-order valence-electron chi connectivity index (χ2n) is 5.92. The van der Waals surface area contributed by atoms with E-state index in [0.29, 0.717) is 29.5 Å². The van der Waals surface area contributed by atoms with Gasteiger partial charge in [0.1, 0.15) is 0 Å². The van der Waals surface area contributed by atoms with Crippen LogP contribution in [0, 0.1) is 0 Å². The Labute approximate surface area is 168 Å². The van der Waals surface area contributed by atoms with E-state index in [2.05, 4.69) is 10.6 Å². The quantitative estimate of drug-likeness (QED) is 0.808. The molecule has 5 nitrogen and oxygen atoms in total. The van der Waals surface area contributed by atoms with E-state index >= 15 is 0 Å². The van der Waals surface area contributed by atoms with E-state index in [0.717, 1.165) is 17.0 Å². The minimum atomic E-state index is -0.0872. The van der Waals surface area contributed by atoms with Gasteiger partial charge in [-0.25, -0.2) is 0 Å². The Bertz CT molecular complexity index is 781. The van der Waals surface area contributed by atoms with Gasteiger partial charge >= 0.3 is 0 Å². The molecule has 0 bridgehead atoms. The number of carbonyl (C=O) groups excluding carboxylic acids is 2. The standard InChI is InChI=1S/C18H20ClN3O2S.ClH/c1-12(23)21-10-13-6-7-17(25-13)18(24)22-9-8-20-11-16(22)14-4-2-3-5-15(14)19;/h2-7,16,20H,8-11H2,1H3,(H,21,23);1H. The van der Waals surface area contributed by atoms with Crippen molar-refractivity contribution in [1.82, 2.24) is 15.5 Å². The molecule has 3 rings (SSSR count). The van der Waals surface area contributed by atoms with Gasteiger partial charge in [-0.2, -0.15) is 0 Å². The zero-order valence-electron chi connectivity index (χ0n) is 14.3. The molecule has 140 valence electrons. The SMILES string of the molecule is CC(=O)NCc1ccc(C(=O)N2CCNCC2c2ccccc2Cl)s1.Cl. The average Bonchev–Trinajstić information content (AvgIpc) is 3.09. The van der Waals surface area contributed by atoms with Gasteiger partial charge in [-0.15, -0.1) is 23.7 Å². The fourth-order valence-corrected chi connectivity index (χ4v) is 4.08. The fourth-order valence-electron chi connectivity index (χ4n) is 2.91. The van der Waals surface area contributed by atoms with Gasteiger partial charge in [-0.3, -0.25) is 9.59 Å². The summed E-state index contributed by atoms with van der Waals surface area (Å²) in [6, 6.07) is 11.3. The number of hydrogen-bond donors (Lipinski definition) is 2. The molecule has 1 aromatic carbocycles. The van der Waals surface area contributed by atoms with Gasteiger partial charge in [-0.1, -0.05) is 29.8 Å². The number of rotatable bonds is 4. The van der Waals surface area contributed by atoms with E-state index < -0.39 is 0 Å². The fraction of sp³-hybridized carbons (Fsp3) is 0.333. The topological polar surface area (TPSA) is 61.4 Å². The maximum absolute atomic E-state index is 13.0. The highest BCUT2D eigenvalue weighted by Gasteiger charge is 2.30. The van der Waals surface area contributed by atoms with Crippen LogP contribution >= 0.6 is 35.3 Å². The summed E-state index contributed by atoms with van der Waals surface area (Å²) < 4.78 is 0. The molecular weight excluding hydrogens is 393 g/mol. The second-order valence-corrected chi connectivity index (χ2v) is 7.49. The van der Waals surface area contributed by atoms with E-state index in [1.54, 1.807) is 0 Å². The van der Waals surface area contributed by atoms with Crippen molar-refractivity contribution in [2.75, 3.05) is 19.6 Å². The molecule has 2 heterocycles. The molecule has 0 spiro atoms. The first-order valence-corrected chi connectivity index (χ1v) is 9.35. The van der Waals surface area contributed by atoms with E-state index in [9.17, 15) is 9.59 Å². The second kappa shape index (κ2) is 9.37. The molecule has 1 aliphatic rings. The summed E-state index contributed by atoms with van der Waals surface area (Å²) >= 11 is 7.76. The molecule has 0 saturated carbocycles. The lowest BCUT2D eigenvalue weighted by Gasteiger charge is -2.36. The Hall–Kier alpha value is -1.60. The number of benzene rings is 1. The van der Waals surface area contributed by atoms with Gasteiger partial charge in [0.15, 0.2) is 0 Å². The van der Waals surface area contributed by atoms with Gasteiger partial charge < -0.3 is 15.5 Å². The van der Waals surface area contributed by atoms with Crippen LogP contribution in [0.25, 0.3) is 0 Å². The van der Waals surface area contributed by atoms with Crippen molar-refractivity contribution in [2.24, 2.45) is 0 Å². The molecule has 2 aromatic rings. The van der Waals surface area contributed by atoms with Crippen molar-refractivity contribution in [2.45, 2.75) is 19.5 Å². The molecule has 0 radical (unpaired) electrons. The van der Waals surface area contributed by atoms with Gasteiger partial charge in [0.2, 0.25) is 5.91 Å². The third kappa shape index (κ3) is 4.76. The average molecular weight is 414 g/mol. The van der Waals surface area contributed by atoms with Crippen LogP contribution in [0.15, 0.2) is 36.4 Å². The molecule has 2 amide bonds. The van der Waals surface area contributed by atoms with E-state index in [4.69, 9.17) is 11.6 Å². The molecule has 0 aliphatic carbocycles. The zero-order chi connectivity index (χ0) is 17.8. The third-order valence-electron chi connectivity index (χ3n) is 4.15. The molecule has 1 atom stereocenters. The molecule has 1 aliphatic heterocycles. The lowest BCUT2D eigenvalue weighted by atomic mass is 10.0. The van der Waals surface area contributed by atoms with Crippen molar-refractivity contribution in [3.8, 4) is 0 Å². The monoisotopic (exact) mass is 413 g/mol. The summed E-state index contributed by atoms with van der Waals surface area (Å²) in [5, 5.41) is 6.77. The number of piperazine rings is 1. The Morgan fingerprint density at radius 2 is 2.08 bits per heavy atom. The third-order valence-corrected chi connectivity index (χ3v) is 5.57. The van der Waals surface area contributed by atoms with Gasteiger partial charge in [0, 0.05) is 36.5 Å². The van der Waals surface area contributed by atoms with Gasteiger partial charge in [0.05, 0.1) is 17.5 Å². The molecule has 2 N–H and O–H groups in total. The molecule has 1 aromatic heterocycles. The van der Waals surface area contributed by atoms with E-state index in [1.165, 1.54) is 18.3 Å². The number of nitrogens with one attached hydrogen (secondary N) is 2. The van der Waals surface area contributed by atoms with Crippen molar-refractivity contribution in [3.63, 3.8) is 0 Å². The molecule has 1 unspecified atom stereocenters. The van der Waals surface area contributed by atoms with Crippen LogP contribution in [0.1, 0.15) is 33.1 Å². The van der Waals surface area contributed by atoms with Crippen molar-refractivity contribution < 1.29 is 9.59 Å². The van der Waals surface area contributed by atoms with Crippen LogP contribution in [0.4, 0.5) is 0 Å². The van der Waals surface area contributed by atoms with Gasteiger partial charge in [-0.05, 0) is 23.8 Å². The number of halogens is 2. The minimum Gasteiger partial charge on any atom is -0.351 e. The minimum absolute atomic E-state index is 0. The maximum atomic E-state index is 13.0. The summed E-state index contributed by atoms with van der Waals surface area (Å²) in [4.78, 5) is 27.6. The number of carbonyl (C=O) groups is 2. The summed E-state index contributed by atoms with van der Waals surface area (Å²) in [7, 11) is 0. The Morgan fingerprint density at radius 1 is 1.31 bits per heavy atom. The Morgan fingerprint density at radius 3 is 2.81 bits per heavy atom. The van der Waals surface area contributed by atoms with E-state index in [-0.39, 0.29) is 30.3 Å². The number of thiophene rings is 1. The molecular formula is C18H21Cl2N3O2S. The van der Waals surface area contributed by atoms with Crippen molar-refractivity contribution in [1.29, 1.82) is 0 Å². The highest BCUT2D eigenvalue weighted by Crippen LogP contribution is 2.30. The lowest BCUT2D eigenvalue weighted by molar-refractivity contribution is -0.119. The first-order chi connectivity index (χ1) is 12.1. The van der Waals surface area contributed by atoms with Crippen LogP contribution in [-0.2, 0) is 11.3 Å². The number of hydrogen-bond acceptors (Lipinski definition) is 4. The van der Waals surface area contributed by atoms with Crippen molar-refractivity contribution >= 4 is 47.2 Å². The zero-order valence-corrected chi connectivity index (χ0v) is 16.7. The van der Waals surface area contributed by atoms with E-state index in [1.807, 2.05) is 41.3 Å². The smallest absolute Gasteiger partial charge is 0.264 e. The largest absolute Gasteiger partial charge is 0.351 e. The molecule has 8 heteroatoms. The summed E-state index contributed by atoms with van der Waals surface area (Å²) in [5.41, 5.74) is 0.958. The highest BCUT2D eigenvalue weighted by atomic mass is 35.5. The van der Waals surface area contributed by atoms with Gasteiger partial charge in [0.25, 0.3) is 5.91 Å². The first kappa shape index (κ1) is 20.7. The highest BCUT2D eigenvalue weighted by molar-refractivity contribution is 7.14. The Balaban J connectivity index is 0.00000243. The summed E-state index contributed by atoms with van der Waals surface area (Å²) in [6.45, 7) is 4.00.